The first kappa shape index (κ1) is 15.5. The third-order valence-corrected chi connectivity index (χ3v) is 3.77. The lowest BCUT2D eigenvalue weighted by atomic mass is 10.1. The number of nitrogens with one attached hydrogen (secondary N) is 1. The van der Waals surface area contributed by atoms with Crippen LogP contribution in [0.1, 0.15) is 33.3 Å². The monoisotopic (exact) mass is 312 g/mol. The van der Waals surface area contributed by atoms with Crippen LogP contribution in [0.4, 0.5) is 5.69 Å². The minimum Gasteiger partial charge on any atom is -0.372 e. The minimum atomic E-state index is 0.693. The summed E-state index contributed by atoms with van der Waals surface area (Å²) in [5, 5.41) is 3.48. The van der Waals surface area contributed by atoms with E-state index in [0.717, 1.165) is 26.2 Å². The standard InChI is InChI=1S/C15H25BrN2/c1-5-18(6-2)14-8-7-13(15(16)9-14)11-17-10-12(3)4/h7-9,12,17H,5-6,10-11H2,1-4H3. The van der Waals surface area contributed by atoms with E-state index in [1.54, 1.807) is 0 Å². The Morgan fingerprint density at radius 3 is 2.39 bits per heavy atom. The van der Waals surface area contributed by atoms with Gasteiger partial charge < -0.3 is 10.2 Å². The maximum Gasteiger partial charge on any atom is 0.0377 e. The molecule has 18 heavy (non-hydrogen) atoms. The summed E-state index contributed by atoms with van der Waals surface area (Å²) in [5.74, 6) is 0.693. The van der Waals surface area contributed by atoms with Gasteiger partial charge in [0.15, 0.2) is 0 Å². The van der Waals surface area contributed by atoms with Crippen molar-refractivity contribution in [2.75, 3.05) is 24.5 Å². The fourth-order valence-electron chi connectivity index (χ4n) is 1.96. The topological polar surface area (TPSA) is 15.3 Å². The Morgan fingerprint density at radius 1 is 1.22 bits per heavy atom. The fourth-order valence-corrected chi connectivity index (χ4v) is 2.47. The number of anilines is 1. The van der Waals surface area contributed by atoms with Crippen LogP contribution in [0, 0.1) is 5.92 Å². The van der Waals surface area contributed by atoms with Crippen LogP contribution in [0.3, 0.4) is 0 Å². The number of hydrogen-bond acceptors (Lipinski definition) is 2. The molecule has 0 atom stereocenters. The predicted octanol–water partition coefficient (Wildman–Crippen LogP) is 4.04. The second-order valence-corrected chi connectivity index (χ2v) is 5.83. The van der Waals surface area contributed by atoms with Gasteiger partial charge in [0.2, 0.25) is 0 Å². The highest BCUT2D eigenvalue weighted by Gasteiger charge is 2.05. The number of benzene rings is 1. The van der Waals surface area contributed by atoms with Gasteiger partial charge in [0.1, 0.15) is 0 Å². The molecular formula is C15H25BrN2. The Kier molecular flexibility index (Phi) is 6.72. The van der Waals surface area contributed by atoms with E-state index in [0.29, 0.717) is 5.92 Å². The average molecular weight is 313 g/mol. The van der Waals surface area contributed by atoms with Crippen molar-refractivity contribution in [3.05, 3.63) is 28.2 Å². The van der Waals surface area contributed by atoms with Crippen molar-refractivity contribution in [1.29, 1.82) is 0 Å². The zero-order chi connectivity index (χ0) is 13.5. The lowest BCUT2D eigenvalue weighted by Gasteiger charge is -2.22. The SMILES string of the molecule is CCN(CC)c1ccc(CNCC(C)C)c(Br)c1. The lowest BCUT2D eigenvalue weighted by molar-refractivity contribution is 0.552. The molecule has 3 heteroatoms. The fraction of sp³-hybridized carbons (Fsp3) is 0.600. The maximum atomic E-state index is 3.67. The van der Waals surface area contributed by atoms with Gasteiger partial charge in [-0.15, -0.1) is 0 Å². The van der Waals surface area contributed by atoms with E-state index in [-0.39, 0.29) is 0 Å². The zero-order valence-corrected chi connectivity index (χ0v) is 13.5. The van der Waals surface area contributed by atoms with Crippen molar-refractivity contribution in [2.24, 2.45) is 5.92 Å². The van der Waals surface area contributed by atoms with E-state index >= 15 is 0 Å². The van der Waals surface area contributed by atoms with Gasteiger partial charge in [0, 0.05) is 29.8 Å². The van der Waals surface area contributed by atoms with Gasteiger partial charge in [-0.05, 0) is 44.0 Å². The molecule has 0 aliphatic heterocycles. The molecule has 0 aliphatic carbocycles. The number of nitrogens with zero attached hydrogens (tertiary/aromatic N) is 1. The van der Waals surface area contributed by atoms with Crippen molar-refractivity contribution in [2.45, 2.75) is 34.2 Å². The van der Waals surface area contributed by atoms with E-state index < -0.39 is 0 Å². The highest BCUT2D eigenvalue weighted by molar-refractivity contribution is 9.10. The summed E-state index contributed by atoms with van der Waals surface area (Å²) in [6.07, 6.45) is 0. The van der Waals surface area contributed by atoms with Crippen LogP contribution in [0.25, 0.3) is 0 Å². The second kappa shape index (κ2) is 7.80. The molecule has 0 saturated carbocycles. The van der Waals surface area contributed by atoms with E-state index in [1.807, 2.05) is 0 Å². The molecule has 2 nitrogen and oxygen atoms in total. The van der Waals surface area contributed by atoms with Crippen LogP contribution in [0.5, 0.6) is 0 Å². The van der Waals surface area contributed by atoms with Crippen molar-refractivity contribution >= 4 is 21.6 Å². The summed E-state index contributed by atoms with van der Waals surface area (Å²) in [7, 11) is 0. The number of halogens is 1. The molecule has 1 rings (SSSR count). The van der Waals surface area contributed by atoms with Gasteiger partial charge in [0.05, 0.1) is 0 Å². The molecule has 0 aromatic heterocycles. The molecular weight excluding hydrogens is 288 g/mol. The zero-order valence-electron chi connectivity index (χ0n) is 12.0. The maximum absolute atomic E-state index is 3.67. The second-order valence-electron chi connectivity index (χ2n) is 4.97. The highest BCUT2D eigenvalue weighted by atomic mass is 79.9. The summed E-state index contributed by atoms with van der Waals surface area (Å²) in [6.45, 7) is 12.9. The molecule has 0 fully saturated rings. The quantitative estimate of drug-likeness (QED) is 0.817. The third-order valence-electron chi connectivity index (χ3n) is 3.03. The molecule has 0 spiro atoms. The Bertz CT molecular complexity index is 360. The average Bonchev–Trinajstić information content (AvgIpc) is 2.33. The molecule has 1 aromatic rings. The van der Waals surface area contributed by atoms with Crippen LogP contribution in [0.15, 0.2) is 22.7 Å². The van der Waals surface area contributed by atoms with E-state index in [1.165, 1.54) is 15.7 Å². The summed E-state index contributed by atoms with van der Waals surface area (Å²) in [4.78, 5) is 2.36. The van der Waals surface area contributed by atoms with Gasteiger partial charge in [-0.3, -0.25) is 0 Å². The summed E-state index contributed by atoms with van der Waals surface area (Å²) >= 11 is 3.67. The van der Waals surface area contributed by atoms with Crippen LogP contribution >= 0.6 is 15.9 Å². The Morgan fingerprint density at radius 2 is 1.89 bits per heavy atom. The largest absolute Gasteiger partial charge is 0.372 e. The van der Waals surface area contributed by atoms with Gasteiger partial charge in [-0.2, -0.15) is 0 Å². The molecule has 0 unspecified atom stereocenters. The smallest absolute Gasteiger partial charge is 0.0377 e. The van der Waals surface area contributed by atoms with E-state index in [9.17, 15) is 0 Å². The molecule has 0 heterocycles. The predicted molar refractivity (Wildman–Crippen MR) is 84.2 cm³/mol. The van der Waals surface area contributed by atoms with Gasteiger partial charge in [-0.1, -0.05) is 35.8 Å². The van der Waals surface area contributed by atoms with Gasteiger partial charge in [-0.25, -0.2) is 0 Å². The van der Waals surface area contributed by atoms with Crippen LogP contribution in [0.2, 0.25) is 0 Å². The molecule has 0 aliphatic rings. The Labute approximate surface area is 120 Å². The summed E-state index contributed by atoms with van der Waals surface area (Å²) in [6, 6.07) is 6.65. The van der Waals surface area contributed by atoms with Crippen LogP contribution in [-0.4, -0.2) is 19.6 Å². The first-order valence-electron chi connectivity index (χ1n) is 6.82. The number of rotatable bonds is 7. The summed E-state index contributed by atoms with van der Waals surface area (Å²) in [5.41, 5.74) is 2.62. The van der Waals surface area contributed by atoms with Crippen molar-refractivity contribution in [1.82, 2.24) is 5.32 Å². The first-order valence-corrected chi connectivity index (χ1v) is 7.61. The minimum absolute atomic E-state index is 0.693. The normalized spacial score (nSPS) is 11.0. The van der Waals surface area contributed by atoms with Crippen molar-refractivity contribution < 1.29 is 0 Å². The van der Waals surface area contributed by atoms with E-state index in [2.05, 4.69) is 72.0 Å². The molecule has 1 N–H and O–H groups in total. The Hall–Kier alpha value is -0.540. The van der Waals surface area contributed by atoms with Crippen LogP contribution < -0.4 is 10.2 Å². The van der Waals surface area contributed by atoms with Crippen molar-refractivity contribution in [3.8, 4) is 0 Å². The van der Waals surface area contributed by atoms with E-state index in [4.69, 9.17) is 0 Å². The highest BCUT2D eigenvalue weighted by Crippen LogP contribution is 2.24. The third kappa shape index (κ3) is 4.62. The molecule has 0 radical (unpaired) electrons. The molecule has 0 bridgehead atoms. The number of hydrogen-bond donors (Lipinski definition) is 1. The van der Waals surface area contributed by atoms with Gasteiger partial charge >= 0.3 is 0 Å². The molecule has 1 aromatic carbocycles. The summed E-state index contributed by atoms with van der Waals surface area (Å²) < 4.78 is 1.20. The molecule has 0 amide bonds. The Balaban J connectivity index is 2.67. The lowest BCUT2D eigenvalue weighted by Crippen LogP contribution is -2.22. The molecule has 0 saturated heterocycles. The van der Waals surface area contributed by atoms with Crippen LogP contribution in [-0.2, 0) is 6.54 Å². The first-order chi connectivity index (χ1) is 8.58. The van der Waals surface area contributed by atoms with Gasteiger partial charge in [0.25, 0.3) is 0 Å². The molecule has 102 valence electrons. The van der Waals surface area contributed by atoms with Crippen molar-refractivity contribution in [3.63, 3.8) is 0 Å².